The van der Waals surface area contributed by atoms with E-state index in [1.807, 2.05) is 6.92 Å². The van der Waals surface area contributed by atoms with Gasteiger partial charge in [0, 0.05) is 31.4 Å². The molecule has 0 aliphatic carbocycles. The second kappa shape index (κ2) is 9.54. The van der Waals surface area contributed by atoms with Crippen molar-refractivity contribution in [3.63, 3.8) is 0 Å². The van der Waals surface area contributed by atoms with Gasteiger partial charge in [0.05, 0.1) is 0 Å². The predicted molar refractivity (Wildman–Crippen MR) is 103 cm³/mol. The van der Waals surface area contributed by atoms with Crippen LogP contribution in [0.3, 0.4) is 0 Å². The first-order chi connectivity index (χ1) is 12.5. The number of halogens is 2. The van der Waals surface area contributed by atoms with Gasteiger partial charge in [0.15, 0.2) is 5.15 Å². The van der Waals surface area contributed by atoms with E-state index in [0.717, 1.165) is 15.6 Å². The monoisotopic (exact) mass is 398 g/mol. The summed E-state index contributed by atoms with van der Waals surface area (Å²) >= 11 is 11.7. The summed E-state index contributed by atoms with van der Waals surface area (Å²) in [6, 6.07) is 3.28. The number of aliphatic imine (C=N–C) groups is 1. The second-order valence-corrected chi connectivity index (χ2v) is 6.33. The van der Waals surface area contributed by atoms with Crippen molar-refractivity contribution in [2.75, 3.05) is 5.88 Å². The third-order valence-electron chi connectivity index (χ3n) is 3.76. The average molecular weight is 399 g/mol. The van der Waals surface area contributed by atoms with E-state index in [0.29, 0.717) is 24.4 Å². The number of unbranched alkanes of at least 4 members (excludes halogenated alkanes) is 1. The number of aromatic hydroxyl groups is 1. The summed E-state index contributed by atoms with van der Waals surface area (Å²) < 4.78 is 2.26. The zero-order chi connectivity index (χ0) is 19.1. The highest BCUT2D eigenvalue weighted by Crippen LogP contribution is 2.21. The van der Waals surface area contributed by atoms with Gasteiger partial charge in [-0.25, -0.2) is 9.78 Å². The van der Waals surface area contributed by atoms with Crippen molar-refractivity contribution in [1.29, 1.82) is 0 Å². The minimum atomic E-state index is -0.591. The molecule has 0 amide bonds. The molecule has 2 heterocycles. The Morgan fingerprint density at radius 3 is 2.65 bits per heavy atom. The van der Waals surface area contributed by atoms with Crippen molar-refractivity contribution in [2.24, 2.45) is 4.99 Å². The van der Waals surface area contributed by atoms with E-state index in [1.165, 1.54) is 12.4 Å². The minimum Gasteiger partial charge on any atom is -0.494 e. The van der Waals surface area contributed by atoms with Gasteiger partial charge >= 0.3 is 5.69 Å². The molecule has 0 fully saturated rings. The fourth-order valence-corrected chi connectivity index (χ4v) is 2.65. The summed E-state index contributed by atoms with van der Waals surface area (Å²) in [5.74, 6) is -0.101. The number of rotatable bonds is 8. The molecule has 7 nitrogen and oxygen atoms in total. The smallest absolute Gasteiger partial charge is 0.333 e. The minimum absolute atomic E-state index is 0.0739. The number of hydrogen-bond donors (Lipinski definition) is 1. The molecule has 140 valence electrons. The van der Waals surface area contributed by atoms with Crippen LogP contribution in [0.4, 0.5) is 5.69 Å². The number of aromatic nitrogens is 3. The van der Waals surface area contributed by atoms with E-state index >= 15 is 0 Å². The van der Waals surface area contributed by atoms with E-state index in [1.54, 1.807) is 12.1 Å². The molecule has 0 radical (unpaired) electrons. The second-order valence-electron chi connectivity index (χ2n) is 5.60. The quantitative estimate of drug-likeness (QED) is 0.420. The van der Waals surface area contributed by atoms with Crippen molar-refractivity contribution in [1.82, 2.24) is 14.1 Å². The summed E-state index contributed by atoms with van der Waals surface area (Å²) in [6.07, 6.45) is 4.69. The Balaban J connectivity index is 2.58. The Labute approximate surface area is 160 Å². The molecule has 0 bridgehead atoms. The standard InChI is InChI=1S/C17H20Cl2N4O3/c1-2-3-9-22-15(24)12(11-21-13-6-4-8-20-14(13)19)16(25)23(17(22)26)10-5-7-18/h4,6,8,11,25H,2-3,5,7,9-10H2,1H3. The maximum absolute atomic E-state index is 12.7. The van der Waals surface area contributed by atoms with Gasteiger partial charge in [-0.3, -0.25) is 18.9 Å². The largest absolute Gasteiger partial charge is 0.494 e. The van der Waals surface area contributed by atoms with Crippen LogP contribution in [0.5, 0.6) is 5.88 Å². The van der Waals surface area contributed by atoms with Gasteiger partial charge in [-0.15, -0.1) is 11.6 Å². The zero-order valence-electron chi connectivity index (χ0n) is 14.4. The normalized spacial score (nSPS) is 11.3. The molecule has 0 aromatic carbocycles. The average Bonchev–Trinajstić information content (AvgIpc) is 2.63. The molecular weight excluding hydrogens is 379 g/mol. The van der Waals surface area contributed by atoms with E-state index in [-0.39, 0.29) is 23.8 Å². The maximum Gasteiger partial charge on any atom is 0.333 e. The van der Waals surface area contributed by atoms with E-state index in [2.05, 4.69) is 9.98 Å². The van der Waals surface area contributed by atoms with Gasteiger partial charge in [0.1, 0.15) is 11.3 Å². The first kappa shape index (κ1) is 20.2. The van der Waals surface area contributed by atoms with Gasteiger partial charge < -0.3 is 5.11 Å². The van der Waals surface area contributed by atoms with Crippen LogP contribution >= 0.6 is 23.2 Å². The summed E-state index contributed by atoms with van der Waals surface area (Å²) in [6.45, 7) is 2.43. The molecule has 0 spiro atoms. The molecule has 2 rings (SSSR count). The lowest BCUT2D eigenvalue weighted by atomic mass is 10.3. The topological polar surface area (TPSA) is 89.5 Å². The van der Waals surface area contributed by atoms with Crippen molar-refractivity contribution in [3.05, 3.63) is 49.9 Å². The Morgan fingerprint density at radius 2 is 2.00 bits per heavy atom. The van der Waals surface area contributed by atoms with Crippen molar-refractivity contribution >= 4 is 35.1 Å². The van der Waals surface area contributed by atoms with E-state index < -0.39 is 17.1 Å². The third-order valence-corrected chi connectivity index (χ3v) is 4.32. The van der Waals surface area contributed by atoms with E-state index in [4.69, 9.17) is 23.2 Å². The van der Waals surface area contributed by atoms with Crippen LogP contribution in [0.1, 0.15) is 31.7 Å². The van der Waals surface area contributed by atoms with Gasteiger partial charge in [-0.2, -0.15) is 0 Å². The third kappa shape index (κ3) is 4.53. The maximum atomic E-state index is 12.7. The van der Waals surface area contributed by atoms with Gasteiger partial charge in [-0.05, 0) is 25.0 Å². The molecular formula is C17H20Cl2N4O3. The summed E-state index contributed by atoms with van der Waals surface area (Å²) in [7, 11) is 0. The summed E-state index contributed by atoms with van der Waals surface area (Å²) in [5.41, 5.74) is -0.865. The van der Waals surface area contributed by atoms with Crippen LogP contribution in [0.15, 0.2) is 32.9 Å². The highest BCUT2D eigenvalue weighted by molar-refractivity contribution is 6.31. The first-order valence-corrected chi connectivity index (χ1v) is 9.19. The highest BCUT2D eigenvalue weighted by Gasteiger charge is 2.17. The van der Waals surface area contributed by atoms with Crippen molar-refractivity contribution < 1.29 is 5.11 Å². The Hall–Kier alpha value is -2.12. The van der Waals surface area contributed by atoms with E-state index in [9.17, 15) is 14.7 Å². The number of pyridine rings is 1. The van der Waals surface area contributed by atoms with Crippen LogP contribution in [0.25, 0.3) is 0 Å². The Morgan fingerprint density at radius 1 is 1.27 bits per heavy atom. The number of nitrogens with zero attached hydrogens (tertiary/aromatic N) is 4. The Kier molecular flexibility index (Phi) is 7.41. The highest BCUT2D eigenvalue weighted by atomic mass is 35.5. The molecule has 0 saturated heterocycles. The molecule has 0 saturated carbocycles. The molecule has 26 heavy (non-hydrogen) atoms. The summed E-state index contributed by atoms with van der Waals surface area (Å²) in [4.78, 5) is 33.3. The predicted octanol–water partition coefficient (Wildman–Crippen LogP) is 2.94. The molecule has 0 aliphatic heterocycles. The van der Waals surface area contributed by atoms with Crippen molar-refractivity contribution in [2.45, 2.75) is 39.3 Å². The SMILES string of the molecule is CCCCn1c(=O)c(C=Nc2cccnc2Cl)c(O)n(CCCCl)c1=O. The zero-order valence-corrected chi connectivity index (χ0v) is 15.9. The fourth-order valence-electron chi connectivity index (χ4n) is 2.36. The van der Waals surface area contributed by atoms with Crippen molar-refractivity contribution in [3.8, 4) is 5.88 Å². The fraction of sp³-hybridized carbons (Fsp3) is 0.412. The molecule has 9 heteroatoms. The lowest BCUT2D eigenvalue weighted by Crippen LogP contribution is -2.41. The van der Waals surface area contributed by atoms with Crippen LogP contribution in [0.2, 0.25) is 5.15 Å². The van der Waals surface area contributed by atoms with Gasteiger partial charge in [0.25, 0.3) is 5.56 Å². The summed E-state index contributed by atoms with van der Waals surface area (Å²) in [5, 5.41) is 10.6. The molecule has 0 aliphatic rings. The molecule has 2 aromatic rings. The Bertz CT molecular complexity index is 906. The molecule has 0 atom stereocenters. The first-order valence-electron chi connectivity index (χ1n) is 8.28. The van der Waals surface area contributed by atoms with Crippen LogP contribution < -0.4 is 11.2 Å². The van der Waals surface area contributed by atoms with Gasteiger partial charge in [-0.1, -0.05) is 24.9 Å². The number of alkyl halides is 1. The van der Waals surface area contributed by atoms with Gasteiger partial charge in [0.2, 0.25) is 5.88 Å². The molecule has 1 N–H and O–H groups in total. The molecule has 2 aromatic heterocycles. The lowest BCUT2D eigenvalue weighted by molar-refractivity contribution is 0.384. The van der Waals surface area contributed by atoms with Crippen LogP contribution in [0, 0.1) is 0 Å². The molecule has 0 unspecified atom stereocenters. The van der Waals surface area contributed by atoms with Crippen LogP contribution in [-0.4, -0.2) is 31.3 Å². The van der Waals surface area contributed by atoms with Crippen LogP contribution in [-0.2, 0) is 13.1 Å². The number of hydrogen-bond acceptors (Lipinski definition) is 5. The lowest BCUT2D eigenvalue weighted by Gasteiger charge is -2.13.